The summed E-state index contributed by atoms with van der Waals surface area (Å²) in [7, 11) is 5.07. The highest BCUT2D eigenvalue weighted by Crippen LogP contribution is 2.35. The van der Waals surface area contributed by atoms with Crippen molar-refractivity contribution in [1.29, 1.82) is 0 Å². The second-order valence-electron chi connectivity index (χ2n) is 3.91. The zero-order valence-corrected chi connectivity index (χ0v) is 9.56. The Morgan fingerprint density at radius 1 is 1.38 bits per heavy atom. The van der Waals surface area contributed by atoms with Gasteiger partial charge in [-0.05, 0) is 26.6 Å². The molecule has 0 aromatic rings. The van der Waals surface area contributed by atoms with Crippen LogP contribution in [0, 0.1) is 6.42 Å². The fourth-order valence-electron chi connectivity index (χ4n) is 1.55. The van der Waals surface area contributed by atoms with Gasteiger partial charge in [0, 0.05) is 24.1 Å². The Hall–Kier alpha value is -0.970. The first-order valence-electron chi connectivity index (χ1n) is 4.87. The van der Waals surface area contributed by atoms with Crippen LogP contribution in [0.2, 0.25) is 0 Å². The van der Waals surface area contributed by atoms with E-state index in [9.17, 15) is 13.2 Å². The first-order valence-corrected chi connectivity index (χ1v) is 4.87. The molecule has 0 atom stereocenters. The van der Waals surface area contributed by atoms with Crippen LogP contribution in [-0.2, 0) is 4.74 Å². The standard InChI is InChI=1S/C11H15F3NO/c1-15(2)7-8-6-9(11(12,13)14)4-5-10(8)16-3/h5-6H,4,7H2,1-3H3. The number of halogens is 3. The van der Waals surface area contributed by atoms with Crippen LogP contribution in [0.1, 0.15) is 6.42 Å². The largest absolute Gasteiger partial charge is 0.500 e. The zero-order chi connectivity index (χ0) is 12.3. The van der Waals surface area contributed by atoms with Crippen LogP contribution in [-0.4, -0.2) is 38.8 Å². The van der Waals surface area contributed by atoms with Crippen LogP contribution in [0.15, 0.2) is 23.0 Å². The molecule has 0 aromatic carbocycles. The molecule has 0 amide bonds. The molecule has 1 rings (SSSR count). The number of methoxy groups -OCH3 is 1. The summed E-state index contributed by atoms with van der Waals surface area (Å²) in [6, 6.07) is 0. The van der Waals surface area contributed by atoms with Crippen LogP contribution in [0.3, 0.4) is 0 Å². The predicted molar refractivity (Wildman–Crippen MR) is 55.6 cm³/mol. The van der Waals surface area contributed by atoms with Gasteiger partial charge in [0.1, 0.15) is 5.76 Å². The van der Waals surface area contributed by atoms with Crippen LogP contribution in [0.4, 0.5) is 13.2 Å². The first kappa shape index (κ1) is 13.1. The Balaban J connectivity index is 2.96. The van der Waals surface area contributed by atoms with E-state index in [0.717, 1.165) is 0 Å². The van der Waals surface area contributed by atoms with Gasteiger partial charge in [-0.15, -0.1) is 0 Å². The van der Waals surface area contributed by atoms with Crippen LogP contribution in [0.25, 0.3) is 0 Å². The summed E-state index contributed by atoms with van der Waals surface area (Å²) in [5.41, 5.74) is 0.0382. The number of alkyl halides is 3. The van der Waals surface area contributed by atoms with E-state index in [1.54, 1.807) is 19.0 Å². The predicted octanol–water partition coefficient (Wildman–Crippen LogP) is 2.55. The molecule has 91 valence electrons. The summed E-state index contributed by atoms with van der Waals surface area (Å²) in [5, 5.41) is 0. The average molecular weight is 234 g/mol. The minimum Gasteiger partial charge on any atom is -0.500 e. The lowest BCUT2D eigenvalue weighted by molar-refractivity contribution is -0.0935. The molecule has 0 aliphatic heterocycles. The number of nitrogens with zero attached hydrogens (tertiary/aromatic N) is 1. The maximum atomic E-state index is 12.5. The second kappa shape index (κ2) is 4.91. The summed E-state index contributed by atoms with van der Waals surface area (Å²) in [5.74, 6) is 0.529. The molecular weight excluding hydrogens is 219 g/mol. The van der Waals surface area contributed by atoms with Crippen molar-refractivity contribution in [3.8, 4) is 0 Å². The van der Waals surface area contributed by atoms with E-state index < -0.39 is 11.7 Å². The van der Waals surface area contributed by atoms with Crippen LogP contribution < -0.4 is 0 Å². The molecule has 0 unspecified atom stereocenters. The highest BCUT2D eigenvalue weighted by molar-refractivity contribution is 5.38. The third-order valence-electron chi connectivity index (χ3n) is 2.24. The maximum absolute atomic E-state index is 12.5. The molecule has 0 fully saturated rings. The molecular formula is C11H15F3NO. The highest BCUT2D eigenvalue weighted by Gasteiger charge is 2.35. The van der Waals surface area contributed by atoms with Gasteiger partial charge in [0.15, 0.2) is 0 Å². The Kier molecular flexibility index (Phi) is 4.02. The van der Waals surface area contributed by atoms with Crippen molar-refractivity contribution in [2.75, 3.05) is 27.7 Å². The topological polar surface area (TPSA) is 12.5 Å². The summed E-state index contributed by atoms with van der Waals surface area (Å²) >= 11 is 0. The number of hydrogen-bond acceptors (Lipinski definition) is 2. The second-order valence-corrected chi connectivity index (χ2v) is 3.91. The van der Waals surface area contributed by atoms with Crippen molar-refractivity contribution in [3.63, 3.8) is 0 Å². The third-order valence-corrected chi connectivity index (χ3v) is 2.24. The number of hydrogen-bond donors (Lipinski definition) is 0. The van der Waals surface area contributed by atoms with Crippen molar-refractivity contribution < 1.29 is 17.9 Å². The lowest BCUT2D eigenvalue weighted by Gasteiger charge is -2.22. The maximum Gasteiger partial charge on any atom is 0.412 e. The number of ether oxygens (including phenoxy) is 1. The van der Waals surface area contributed by atoms with E-state index in [1.165, 1.54) is 19.6 Å². The molecule has 1 aliphatic rings. The Morgan fingerprint density at radius 3 is 2.44 bits per heavy atom. The van der Waals surface area contributed by atoms with E-state index in [1.807, 2.05) is 0 Å². The van der Waals surface area contributed by atoms with Gasteiger partial charge in [-0.2, -0.15) is 13.2 Å². The third kappa shape index (κ3) is 3.27. The zero-order valence-electron chi connectivity index (χ0n) is 9.56. The van der Waals surface area contributed by atoms with Crippen LogP contribution in [0.5, 0.6) is 0 Å². The molecule has 1 aliphatic carbocycles. The van der Waals surface area contributed by atoms with Gasteiger partial charge in [0.05, 0.1) is 7.11 Å². The van der Waals surface area contributed by atoms with Gasteiger partial charge in [-0.3, -0.25) is 0 Å². The van der Waals surface area contributed by atoms with Gasteiger partial charge < -0.3 is 9.64 Å². The monoisotopic (exact) mass is 234 g/mol. The molecule has 16 heavy (non-hydrogen) atoms. The van der Waals surface area contributed by atoms with Crippen LogP contribution >= 0.6 is 0 Å². The Bertz CT molecular complexity index is 316. The average Bonchev–Trinajstić information content (AvgIpc) is 2.15. The lowest BCUT2D eigenvalue weighted by Crippen LogP contribution is -2.21. The molecule has 5 heteroatoms. The molecule has 0 bridgehead atoms. The van der Waals surface area contributed by atoms with E-state index in [4.69, 9.17) is 4.74 Å². The molecule has 2 nitrogen and oxygen atoms in total. The van der Waals surface area contributed by atoms with E-state index in [2.05, 4.69) is 0 Å². The van der Waals surface area contributed by atoms with Gasteiger partial charge in [-0.25, -0.2) is 0 Å². The van der Waals surface area contributed by atoms with Crippen molar-refractivity contribution in [3.05, 3.63) is 29.4 Å². The van der Waals surface area contributed by atoms with Gasteiger partial charge in [-0.1, -0.05) is 0 Å². The van der Waals surface area contributed by atoms with Gasteiger partial charge >= 0.3 is 6.18 Å². The van der Waals surface area contributed by atoms with E-state index in [0.29, 0.717) is 17.9 Å². The molecule has 0 saturated heterocycles. The quantitative estimate of drug-likeness (QED) is 0.744. The molecule has 0 N–H and O–H groups in total. The van der Waals surface area contributed by atoms with E-state index >= 15 is 0 Å². The fourth-order valence-corrected chi connectivity index (χ4v) is 1.55. The molecule has 0 heterocycles. The van der Waals surface area contributed by atoms with Crippen molar-refractivity contribution >= 4 is 0 Å². The number of likely N-dealkylation sites (N-methyl/N-ethyl adjacent to an activating group) is 1. The fraction of sp³-hybridized carbons (Fsp3) is 0.545. The molecule has 0 spiro atoms. The summed E-state index contributed by atoms with van der Waals surface area (Å²) in [6.45, 7) is 0.430. The highest BCUT2D eigenvalue weighted by atomic mass is 19.4. The Morgan fingerprint density at radius 2 is 2.00 bits per heavy atom. The summed E-state index contributed by atoms with van der Waals surface area (Å²) in [6.07, 6.45) is -1.72. The SMILES string of the molecule is COC1=C(CN(C)C)C=C(C(F)(F)F)C[CH]1. The molecule has 0 aromatic heterocycles. The minimum atomic E-state index is -4.26. The summed E-state index contributed by atoms with van der Waals surface area (Å²) in [4.78, 5) is 1.80. The minimum absolute atomic E-state index is 0.121. The van der Waals surface area contributed by atoms with Crippen molar-refractivity contribution in [2.45, 2.75) is 12.6 Å². The van der Waals surface area contributed by atoms with E-state index in [-0.39, 0.29) is 6.42 Å². The number of rotatable bonds is 3. The smallest absolute Gasteiger partial charge is 0.412 e. The summed E-state index contributed by atoms with van der Waals surface area (Å²) < 4.78 is 42.6. The number of allylic oxidation sites excluding steroid dienone is 2. The Labute approximate surface area is 93.4 Å². The molecule has 1 radical (unpaired) electrons. The van der Waals surface area contributed by atoms with Crippen molar-refractivity contribution in [2.24, 2.45) is 0 Å². The van der Waals surface area contributed by atoms with Crippen molar-refractivity contribution in [1.82, 2.24) is 4.90 Å². The normalized spacial score (nSPS) is 17.8. The first-order chi connectivity index (χ1) is 7.34. The lowest BCUT2D eigenvalue weighted by atomic mass is 9.97. The van der Waals surface area contributed by atoms with Gasteiger partial charge in [0.2, 0.25) is 0 Å². The molecule has 0 saturated carbocycles. The van der Waals surface area contributed by atoms with Gasteiger partial charge in [0.25, 0.3) is 0 Å².